The highest BCUT2D eigenvalue weighted by atomic mass is 32.1. The van der Waals surface area contributed by atoms with Crippen LogP contribution in [-0.2, 0) is 9.59 Å². The maximum absolute atomic E-state index is 12.5. The normalized spacial score (nSPS) is 10.9. The Morgan fingerprint density at radius 3 is 2.61 bits per heavy atom. The van der Waals surface area contributed by atoms with E-state index in [9.17, 15) is 9.59 Å². The molecule has 0 bridgehead atoms. The molecule has 3 aromatic rings. The second-order valence-corrected chi connectivity index (χ2v) is 8.56. The van der Waals surface area contributed by atoms with Crippen molar-refractivity contribution in [1.82, 2.24) is 14.9 Å². The summed E-state index contributed by atoms with van der Waals surface area (Å²) in [6.07, 6.45) is 3.36. The first-order valence-electron chi connectivity index (χ1n) is 10.5. The third-order valence-electron chi connectivity index (χ3n) is 5.03. The van der Waals surface area contributed by atoms with E-state index >= 15 is 0 Å². The van der Waals surface area contributed by atoms with Gasteiger partial charge < -0.3 is 15.3 Å². The summed E-state index contributed by atoms with van der Waals surface area (Å²) in [4.78, 5) is 36.0. The molecule has 2 aromatic heterocycles. The molecule has 7 nitrogen and oxygen atoms in total. The van der Waals surface area contributed by atoms with Crippen LogP contribution in [0.4, 0.5) is 5.82 Å². The second kappa shape index (κ2) is 10.9. The topological polar surface area (TPSA) is 95.4 Å². The van der Waals surface area contributed by atoms with Crippen molar-refractivity contribution in [3.63, 3.8) is 0 Å². The average molecular weight is 441 g/mol. The number of benzene rings is 1. The van der Waals surface area contributed by atoms with Gasteiger partial charge in [-0.2, -0.15) is 0 Å². The van der Waals surface area contributed by atoms with Gasteiger partial charge in [0.1, 0.15) is 17.0 Å². The number of thiophene rings is 1. The van der Waals surface area contributed by atoms with Gasteiger partial charge >= 0.3 is 5.97 Å². The molecule has 31 heavy (non-hydrogen) atoms. The lowest BCUT2D eigenvalue weighted by molar-refractivity contribution is -0.138. The van der Waals surface area contributed by atoms with Crippen molar-refractivity contribution >= 4 is 39.2 Å². The number of carboxylic acids is 1. The lowest BCUT2D eigenvalue weighted by Crippen LogP contribution is -2.33. The van der Waals surface area contributed by atoms with E-state index in [0.717, 1.165) is 33.6 Å². The van der Waals surface area contributed by atoms with Crippen molar-refractivity contribution in [3.05, 3.63) is 41.5 Å². The number of anilines is 1. The summed E-state index contributed by atoms with van der Waals surface area (Å²) < 4.78 is 0. The van der Waals surface area contributed by atoms with Gasteiger partial charge in [-0.1, -0.05) is 37.3 Å². The molecule has 8 heteroatoms. The first kappa shape index (κ1) is 22.7. The van der Waals surface area contributed by atoms with Gasteiger partial charge in [0, 0.05) is 36.5 Å². The van der Waals surface area contributed by atoms with Crippen LogP contribution in [0.2, 0.25) is 0 Å². The molecule has 2 heterocycles. The predicted molar refractivity (Wildman–Crippen MR) is 124 cm³/mol. The zero-order valence-corrected chi connectivity index (χ0v) is 18.7. The van der Waals surface area contributed by atoms with Crippen molar-refractivity contribution in [2.24, 2.45) is 0 Å². The lowest BCUT2D eigenvalue weighted by Gasteiger charge is -2.21. The van der Waals surface area contributed by atoms with E-state index in [1.165, 1.54) is 4.88 Å². The molecule has 164 valence electrons. The molecular weight excluding hydrogens is 412 g/mol. The van der Waals surface area contributed by atoms with E-state index in [2.05, 4.69) is 34.3 Å². The second-order valence-electron chi connectivity index (χ2n) is 7.36. The molecular formula is C23H28N4O3S. The number of nitrogens with zero attached hydrogens (tertiary/aromatic N) is 3. The summed E-state index contributed by atoms with van der Waals surface area (Å²) in [6.45, 7) is 5.52. The van der Waals surface area contributed by atoms with Gasteiger partial charge in [-0.05, 0) is 25.3 Å². The number of carbonyl (C=O) groups is 2. The van der Waals surface area contributed by atoms with Gasteiger partial charge in [0.2, 0.25) is 5.91 Å². The molecule has 1 amide bonds. The van der Waals surface area contributed by atoms with E-state index in [1.54, 1.807) is 22.6 Å². The quantitative estimate of drug-likeness (QED) is 0.424. The number of nitrogens with one attached hydrogen (secondary N) is 1. The molecule has 0 fully saturated rings. The van der Waals surface area contributed by atoms with Crippen LogP contribution >= 0.6 is 11.3 Å². The van der Waals surface area contributed by atoms with E-state index < -0.39 is 5.97 Å². The minimum Gasteiger partial charge on any atom is -0.481 e. The zero-order valence-electron chi connectivity index (χ0n) is 17.9. The summed E-state index contributed by atoms with van der Waals surface area (Å²) in [6, 6.07) is 10.2. The van der Waals surface area contributed by atoms with Gasteiger partial charge in [-0.3, -0.25) is 9.59 Å². The van der Waals surface area contributed by atoms with Crippen molar-refractivity contribution in [3.8, 4) is 11.1 Å². The number of rotatable bonds is 11. The number of aryl methyl sites for hydroxylation is 1. The maximum atomic E-state index is 12.5. The Kier molecular flexibility index (Phi) is 7.94. The highest BCUT2D eigenvalue weighted by Gasteiger charge is 2.17. The van der Waals surface area contributed by atoms with Crippen LogP contribution in [-0.4, -0.2) is 51.5 Å². The number of aliphatic carboxylic acids is 1. The highest BCUT2D eigenvalue weighted by Crippen LogP contribution is 2.40. The van der Waals surface area contributed by atoms with Crippen LogP contribution in [0.5, 0.6) is 0 Å². The molecule has 0 unspecified atom stereocenters. The fourth-order valence-corrected chi connectivity index (χ4v) is 4.61. The smallest absolute Gasteiger partial charge is 0.305 e. The van der Waals surface area contributed by atoms with Gasteiger partial charge in [0.25, 0.3) is 0 Å². The van der Waals surface area contributed by atoms with Crippen LogP contribution in [0.1, 0.15) is 37.5 Å². The molecule has 0 saturated heterocycles. The lowest BCUT2D eigenvalue weighted by atomic mass is 10.0. The monoisotopic (exact) mass is 440 g/mol. The Morgan fingerprint density at radius 1 is 1.13 bits per heavy atom. The summed E-state index contributed by atoms with van der Waals surface area (Å²) >= 11 is 1.65. The number of hydrogen-bond acceptors (Lipinski definition) is 6. The minimum absolute atomic E-state index is 0.00548. The largest absolute Gasteiger partial charge is 0.481 e. The molecule has 0 aliphatic rings. The average Bonchev–Trinajstić information content (AvgIpc) is 3.11. The third kappa shape index (κ3) is 5.79. The van der Waals surface area contributed by atoms with Crippen molar-refractivity contribution in [2.45, 2.75) is 39.5 Å². The molecule has 0 aliphatic heterocycles. The number of hydrogen-bond donors (Lipinski definition) is 2. The molecule has 0 spiro atoms. The summed E-state index contributed by atoms with van der Waals surface area (Å²) in [5.41, 5.74) is 2.27. The molecule has 2 N–H and O–H groups in total. The van der Waals surface area contributed by atoms with Crippen LogP contribution in [0, 0.1) is 6.92 Å². The van der Waals surface area contributed by atoms with E-state index in [0.29, 0.717) is 25.9 Å². The van der Waals surface area contributed by atoms with Crippen LogP contribution < -0.4 is 5.32 Å². The first-order valence-corrected chi connectivity index (χ1v) is 11.4. The summed E-state index contributed by atoms with van der Waals surface area (Å²) in [7, 11) is 0. The SMILES string of the molecule is CCCN(CCC(=O)O)C(=O)CCCNc1ncnc2sc(C)c(-c3ccccc3)c12. The van der Waals surface area contributed by atoms with Gasteiger partial charge in [-0.25, -0.2) is 9.97 Å². The molecule has 0 aliphatic carbocycles. The Bertz CT molecular complexity index is 1040. The first-order chi connectivity index (χ1) is 15.0. The fraction of sp³-hybridized carbons (Fsp3) is 0.391. The highest BCUT2D eigenvalue weighted by molar-refractivity contribution is 7.19. The molecule has 0 radical (unpaired) electrons. The minimum atomic E-state index is -0.886. The summed E-state index contributed by atoms with van der Waals surface area (Å²) in [5.74, 6) is -0.116. The number of amides is 1. The molecule has 0 saturated carbocycles. The third-order valence-corrected chi connectivity index (χ3v) is 6.04. The van der Waals surface area contributed by atoms with Crippen LogP contribution in [0.15, 0.2) is 36.7 Å². The van der Waals surface area contributed by atoms with Crippen LogP contribution in [0.25, 0.3) is 21.3 Å². The van der Waals surface area contributed by atoms with E-state index in [1.807, 2.05) is 25.1 Å². The van der Waals surface area contributed by atoms with E-state index in [-0.39, 0.29) is 18.9 Å². The Labute approximate surface area is 186 Å². The molecule has 1 aromatic carbocycles. The Morgan fingerprint density at radius 2 is 1.90 bits per heavy atom. The Balaban J connectivity index is 1.66. The number of carboxylic acid groups (broad SMARTS) is 1. The van der Waals surface area contributed by atoms with Crippen molar-refractivity contribution in [2.75, 3.05) is 25.0 Å². The standard InChI is InChI=1S/C23H28N4O3S/c1-3-13-27(14-11-19(29)30)18(28)10-7-12-24-22-21-20(17-8-5-4-6-9-17)16(2)31-23(21)26-15-25-22/h4-6,8-9,15H,3,7,10-14H2,1-2H3,(H,29,30)(H,24,25,26). The van der Waals surface area contributed by atoms with Crippen molar-refractivity contribution < 1.29 is 14.7 Å². The number of carbonyl (C=O) groups excluding carboxylic acids is 1. The predicted octanol–water partition coefficient (Wildman–Crippen LogP) is 4.57. The zero-order chi connectivity index (χ0) is 22.2. The molecule has 3 rings (SSSR count). The van der Waals surface area contributed by atoms with E-state index in [4.69, 9.17) is 5.11 Å². The Hall–Kier alpha value is -3.00. The number of aromatic nitrogens is 2. The van der Waals surface area contributed by atoms with Gasteiger partial charge in [-0.15, -0.1) is 11.3 Å². The van der Waals surface area contributed by atoms with Gasteiger partial charge in [0.15, 0.2) is 0 Å². The molecule has 0 atom stereocenters. The number of fused-ring (bicyclic) bond motifs is 1. The maximum Gasteiger partial charge on any atom is 0.305 e. The van der Waals surface area contributed by atoms with Gasteiger partial charge in [0.05, 0.1) is 11.8 Å². The fourth-order valence-electron chi connectivity index (χ4n) is 3.60. The van der Waals surface area contributed by atoms with Crippen LogP contribution in [0.3, 0.4) is 0 Å². The van der Waals surface area contributed by atoms with Crippen molar-refractivity contribution in [1.29, 1.82) is 0 Å². The summed E-state index contributed by atoms with van der Waals surface area (Å²) in [5, 5.41) is 13.3.